The lowest BCUT2D eigenvalue weighted by atomic mass is 10.1. The average Bonchev–Trinajstić information content (AvgIpc) is 3.27. The lowest BCUT2D eigenvalue weighted by molar-refractivity contribution is -0.117. The van der Waals surface area contributed by atoms with Crippen molar-refractivity contribution in [3.05, 3.63) is 65.0 Å². The first-order valence-electron chi connectivity index (χ1n) is 11.1. The van der Waals surface area contributed by atoms with E-state index in [1.807, 2.05) is 56.3 Å². The second kappa shape index (κ2) is 9.63. The van der Waals surface area contributed by atoms with Crippen LogP contribution in [0.1, 0.15) is 35.5 Å². The number of hydrogen-bond donors (Lipinski definition) is 1. The monoisotopic (exact) mass is 433 g/mol. The number of aryl methyl sites for hydroxylation is 3. The highest BCUT2D eigenvalue weighted by atomic mass is 16.4. The maximum absolute atomic E-state index is 12.6. The molecule has 7 heteroatoms. The molecule has 7 nitrogen and oxygen atoms in total. The lowest BCUT2D eigenvalue weighted by Crippen LogP contribution is -2.49. The third kappa shape index (κ3) is 5.06. The number of rotatable bonds is 6. The van der Waals surface area contributed by atoms with Crippen molar-refractivity contribution in [3.63, 3.8) is 0 Å². The molecular weight excluding hydrogens is 402 g/mol. The van der Waals surface area contributed by atoms with Gasteiger partial charge in [-0.05, 0) is 51.0 Å². The molecule has 0 aliphatic carbocycles. The Morgan fingerprint density at radius 1 is 1.00 bits per heavy atom. The molecule has 0 saturated carbocycles. The predicted molar refractivity (Wildman–Crippen MR) is 125 cm³/mol. The van der Waals surface area contributed by atoms with E-state index < -0.39 is 0 Å². The molecule has 0 bridgehead atoms. The number of amides is 1. The fourth-order valence-corrected chi connectivity index (χ4v) is 4.07. The predicted octanol–water partition coefficient (Wildman–Crippen LogP) is 3.98. The quantitative estimate of drug-likeness (QED) is 0.634. The number of nitrogens with zero attached hydrogens (tertiary/aromatic N) is 4. The molecule has 32 heavy (non-hydrogen) atoms. The number of carbonyl (C=O) groups excluding carboxylic acids is 1. The second-order valence-corrected chi connectivity index (χ2v) is 8.61. The maximum Gasteiger partial charge on any atom is 0.247 e. The topological polar surface area (TPSA) is 74.5 Å². The van der Waals surface area contributed by atoms with E-state index in [0.717, 1.165) is 48.6 Å². The summed E-state index contributed by atoms with van der Waals surface area (Å²) in [5, 5.41) is 11.6. The van der Waals surface area contributed by atoms with Gasteiger partial charge in [0.15, 0.2) is 0 Å². The molecule has 4 rings (SSSR count). The van der Waals surface area contributed by atoms with Gasteiger partial charge in [0.05, 0.1) is 12.6 Å². The van der Waals surface area contributed by atoms with Crippen LogP contribution in [0.25, 0.3) is 11.5 Å². The van der Waals surface area contributed by atoms with Gasteiger partial charge in [-0.15, -0.1) is 10.2 Å². The van der Waals surface area contributed by atoms with E-state index in [2.05, 4.69) is 39.2 Å². The largest absolute Gasteiger partial charge is 0.419 e. The minimum Gasteiger partial charge on any atom is -0.419 e. The molecule has 1 aliphatic heterocycles. The molecule has 0 unspecified atom stereocenters. The van der Waals surface area contributed by atoms with Crippen LogP contribution in [-0.2, 0) is 4.79 Å². The first-order valence-corrected chi connectivity index (χ1v) is 11.1. The Morgan fingerprint density at radius 2 is 1.66 bits per heavy atom. The first kappa shape index (κ1) is 22.2. The van der Waals surface area contributed by atoms with Crippen LogP contribution >= 0.6 is 0 Å². The number of hydrogen-bond acceptors (Lipinski definition) is 6. The maximum atomic E-state index is 12.6. The summed E-state index contributed by atoms with van der Waals surface area (Å²) in [7, 11) is 0. The first-order chi connectivity index (χ1) is 15.4. The Hall–Kier alpha value is -3.03. The molecule has 2 heterocycles. The highest BCUT2D eigenvalue weighted by Crippen LogP contribution is 2.25. The molecule has 3 aromatic rings. The van der Waals surface area contributed by atoms with Crippen molar-refractivity contribution in [1.29, 1.82) is 0 Å². The minimum absolute atomic E-state index is 0.0311. The highest BCUT2D eigenvalue weighted by molar-refractivity contribution is 5.93. The zero-order valence-electron chi connectivity index (χ0n) is 19.3. The molecule has 1 atom stereocenters. The van der Waals surface area contributed by atoms with Gasteiger partial charge in [0.25, 0.3) is 0 Å². The summed E-state index contributed by atoms with van der Waals surface area (Å²) in [6.07, 6.45) is 0. The molecule has 168 valence electrons. The van der Waals surface area contributed by atoms with Crippen LogP contribution in [0, 0.1) is 20.8 Å². The normalized spacial score (nSPS) is 16.1. The Bertz CT molecular complexity index is 1050. The molecule has 0 spiro atoms. The highest BCUT2D eigenvalue weighted by Gasteiger charge is 2.26. The summed E-state index contributed by atoms with van der Waals surface area (Å²) in [4.78, 5) is 17.1. The minimum atomic E-state index is 0.0311. The van der Waals surface area contributed by atoms with Gasteiger partial charge in [-0.25, -0.2) is 0 Å². The molecule has 1 fully saturated rings. The Morgan fingerprint density at radius 3 is 2.31 bits per heavy atom. The van der Waals surface area contributed by atoms with Crippen LogP contribution < -0.4 is 5.32 Å². The van der Waals surface area contributed by atoms with E-state index in [4.69, 9.17) is 4.42 Å². The second-order valence-electron chi connectivity index (χ2n) is 8.61. The molecule has 2 aromatic carbocycles. The smallest absolute Gasteiger partial charge is 0.247 e. The summed E-state index contributed by atoms with van der Waals surface area (Å²) in [6.45, 7) is 11.9. The Kier molecular flexibility index (Phi) is 6.67. The Balaban J connectivity index is 1.30. The van der Waals surface area contributed by atoms with E-state index in [9.17, 15) is 4.79 Å². The van der Waals surface area contributed by atoms with Crippen molar-refractivity contribution < 1.29 is 9.21 Å². The summed E-state index contributed by atoms with van der Waals surface area (Å²) in [5.74, 6) is 1.21. The van der Waals surface area contributed by atoms with E-state index >= 15 is 0 Å². The molecule has 1 amide bonds. The van der Waals surface area contributed by atoms with E-state index in [1.54, 1.807) is 0 Å². The van der Waals surface area contributed by atoms with Crippen molar-refractivity contribution in [1.82, 2.24) is 20.0 Å². The molecule has 1 saturated heterocycles. The van der Waals surface area contributed by atoms with Crippen LogP contribution in [0.15, 0.2) is 46.9 Å². The van der Waals surface area contributed by atoms with Gasteiger partial charge < -0.3 is 9.73 Å². The number of carbonyl (C=O) groups is 1. The van der Waals surface area contributed by atoms with Gasteiger partial charge in [-0.3, -0.25) is 14.6 Å². The van der Waals surface area contributed by atoms with E-state index in [0.29, 0.717) is 18.3 Å². The summed E-state index contributed by atoms with van der Waals surface area (Å²) < 4.78 is 5.96. The fourth-order valence-electron chi connectivity index (χ4n) is 4.07. The number of para-hydroxylation sites is 1. The third-order valence-electron chi connectivity index (χ3n) is 6.16. The van der Waals surface area contributed by atoms with Gasteiger partial charge in [0.1, 0.15) is 0 Å². The number of anilines is 1. The van der Waals surface area contributed by atoms with Gasteiger partial charge in [0.2, 0.25) is 17.7 Å². The molecular formula is C25H31N5O2. The van der Waals surface area contributed by atoms with Crippen LogP contribution in [0.2, 0.25) is 0 Å². The Labute approximate surface area is 189 Å². The van der Waals surface area contributed by atoms with Crippen LogP contribution in [-0.4, -0.2) is 58.6 Å². The van der Waals surface area contributed by atoms with Crippen molar-refractivity contribution in [3.8, 4) is 11.5 Å². The molecule has 0 radical (unpaired) electrons. The van der Waals surface area contributed by atoms with Gasteiger partial charge in [-0.2, -0.15) is 0 Å². The number of benzene rings is 2. The van der Waals surface area contributed by atoms with Crippen LogP contribution in [0.5, 0.6) is 0 Å². The summed E-state index contributed by atoms with van der Waals surface area (Å²) >= 11 is 0. The summed E-state index contributed by atoms with van der Waals surface area (Å²) in [5.41, 5.74) is 5.22. The fraction of sp³-hybridized carbons (Fsp3) is 0.400. The van der Waals surface area contributed by atoms with E-state index in [-0.39, 0.29) is 11.9 Å². The molecule has 1 N–H and O–H groups in total. The van der Waals surface area contributed by atoms with Gasteiger partial charge in [-0.1, -0.05) is 35.9 Å². The molecule has 1 aromatic heterocycles. The van der Waals surface area contributed by atoms with Crippen LogP contribution in [0.3, 0.4) is 0 Å². The van der Waals surface area contributed by atoms with Gasteiger partial charge >= 0.3 is 0 Å². The third-order valence-corrected chi connectivity index (χ3v) is 6.16. The number of aromatic nitrogens is 2. The standard InChI is InChI=1S/C25H31N5O2/c1-17-8-10-21(11-9-17)25-28-27-24(32-25)20(4)30-14-12-29(13-15-30)16-22(31)26-23-18(2)6-5-7-19(23)3/h5-11,20H,12-16H2,1-4H3,(H,26,31)/t20-/m0/s1. The summed E-state index contributed by atoms with van der Waals surface area (Å²) in [6, 6.07) is 14.2. The zero-order valence-corrected chi connectivity index (χ0v) is 19.3. The van der Waals surface area contributed by atoms with Gasteiger partial charge in [0, 0.05) is 37.4 Å². The zero-order chi connectivity index (χ0) is 22.7. The van der Waals surface area contributed by atoms with E-state index in [1.165, 1.54) is 5.56 Å². The number of piperazine rings is 1. The average molecular weight is 434 g/mol. The van der Waals surface area contributed by atoms with Crippen LogP contribution in [0.4, 0.5) is 5.69 Å². The van der Waals surface area contributed by atoms with Crippen molar-refractivity contribution in [2.75, 3.05) is 38.0 Å². The lowest BCUT2D eigenvalue weighted by Gasteiger charge is -2.36. The van der Waals surface area contributed by atoms with Crippen molar-refractivity contribution in [2.24, 2.45) is 0 Å². The molecule has 1 aliphatic rings. The van der Waals surface area contributed by atoms with Crippen molar-refractivity contribution >= 4 is 11.6 Å². The number of nitrogens with one attached hydrogen (secondary N) is 1. The van der Waals surface area contributed by atoms with Crippen molar-refractivity contribution in [2.45, 2.75) is 33.7 Å². The SMILES string of the molecule is Cc1ccc(-c2nnc([C@H](C)N3CCN(CC(=O)Nc4c(C)cccc4C)CC3)o2)cc1.